The van der Waals surface area contributed by atoms with E-state index in [-0.39, 0.29) is 5.97 Å². The fourth-order valence-corrected chi connectivity index (χ4v) is 8.23. The second kappa shape index (κ2) is 12.0. The normalized spacial score (nSPS) is 11.4. The second-order valence-electron chi connectivity index (χ2n) is 6.48. The van der Waals surface area contributed by atoms with Crippen molar-refractivity contribution in [3.8, 4) is 0 Å². The van der Waals surface area contributed by atoms with Crippen LogP contribution in [0.3, 0.4) is 0 Å². The molecule has 0 aromatic rings. The molecule has 0 bridgehead atoms. The highest BCUT2D eigenvalue weighted by molar-refractivity contribution is 6.79. The monoisotopic (exact) mass is 312 g/mol. The average Bonchev–Trinajstić information content (AvgIpc) is 2.48. The van der Waals surface area contributed by atoms with E-state index in [4.69, 9.17) is 4.74 Å². The van der Waals surface area contributed by atoms with Gasteiger partial charge in [-0.1, -0.05) is 84.0 Å². The Morgan fingerprint density at radius 3 is 1.67 bits per heavy atom. The van der Waals surface area contributed by atoms with E-state index in [1.54, 1.807) is 6.92 Å². The third kappa shape index (κ3) is 9.13. The molecule has 0 saturated heterocycles. The predicted octanol–water partition coefficient (Wildman–Crippen LogP) is 5.95. The number of esters is 1. The zero-order chi connectivity index (χ0) is 16.1. The largest absolute Gasteiger partial charge is 0.463 e. The number of ether oxygens (including phenoxy) is 1. The summed E-state index contributed by atoms with van der Waals surface area (Å²) < 4.78 is 5.40. The molecular weight excluding hydrogens is 276 g/mol. The summed E-state index contributed by atoms with van der Waals surface area (Å²) in [5.41, 5.74) is 0.512. The van der Waals surface area contributed by atoms with Crippen LogP contribution in [0.25, 0.3) is 0 Å². The summed E-state index contributed by atoms with van der Waals surface area (Å²) in [5, 5.41) is 0. The molecule has 2 nitrogen and oxygen atoms in total. The van der Waals surface area contributed by atoms with Gasteiger partial charge in [-0.2, -0.15) is 0 Å². The van der Waals surface area contributed by atoms with Crippen LogP contribution in [0.4, 0.5) is 0 Å². The fourth-order valence-electron chi connectivity index (χ4n) is 2.89. The molecule has 0 atom stereocenters. The summed E-state index contributed by atoms with van der Waals surface area (Å²) in [6.07, 6.45) is 7.85. The van der Waals surface area contributed by atoms with Crippen LogP contribution in [0.15, 0.2) is 12.2 Å². The molecule has 21 heavy (non-hydrogen) atoms. The SMILES string of the molecule is C=C(C)C(=O)OCC[Si](CCCC)(CCCC)CCCC. The Kier molecular flexibility index (Phi) is 11.7. The van der Waals surface area contributed by atoms with E-state index in [0.29, 0.717) is 12.2 Å². The maximum absolute atomic E-state index is 11.6. The van der Waals surface area contributed by atoms with Crippen molar-refractivity contribution < 1.29 is 9.53 Å². The van der Waals surface area contributed by atoms with Gasteiger partial charge >= 0.3 is 5.97 Å². The minimum absolute atomic E-state index is 0.223. The molecule has 0 aromatic heterocycles. The van der Waals surface area contributed by atoms with Gasteiger partial charge in [0.15, 0.2) is 0 Å². The van der Waals surface area contributed by atoms with Crippen molar-refractivity contribution in [1.29, 1.82) is 0 Å². The Bertz CT molecular complexity index is 278. The third-order valence-corrected chi connectivity index (χ3v) is 9.90. The minimum atomic E-state index is -1.27. The first-order valence-corrected chi connectivity index (χ1v) is 11.7. The van der Waals surface area contributed by atoms with E-state index in [1.165, 1.54) is 56.7 Å². The number of carbonyl (C=O) groups is 1. The Balaban J connectivity index is 4.61. The van der Waals surface area contributed by atoms with Crippen LogP contribution in [0.1, 0.15) is 66.2 Å². The van der Waals surface area contributed by atoms with Crippen molar-refractivity contribution in [2.45, 2.75) is 90.4 Å². The fraction of sp³-hybridized carbons (Fsp3) is 0.833. The van der Waals surface area contributed by atoms with Gasteiger partial charge in [0.25, 0.3) is 0 Å². The van der Waals surface area contributed by atoms with E-state index in [1.807, 2.05) is 0 Å². The average molecular weight is 313 g/mol. The Morgan fingerprint density at radius 1 is 0.905 bits per heavy atom. The first-order chi connectivity index (χ1) is 10.0. The van der Waals surface area contributed by atoms with Gasteiger partial charge in [0, 0.05) is 5.57 Å². The topological polar surface area (TPSA) is 26.3 Å². The first-order valence-electron chi connectivity index (χ1n) is 8.84. The van der Waals surface area contributed by atoms with E-state index >= 15 is 0 Å². The molecule has 0 aliphatic carbocycles. The maximum Gasteiger partial charge on any atom is 0.333 e. The van der Waals surface area contributed by atoms with Crippen LogP contribution in [0.5, 0.6) is 0 Å². The summed E-state index contributed by atoms with van der Waals surface area (Å²) in [4.78, 5) is 11.6. The second-order valence-corrected chi connectivity index (χ2v) is 11.5. The van der Waals surface area contributed by atoms with Crippen molar-refractivity contribution in [3.63, 3.8) is 0 Å². The van der Waals surface area contributed by atoms with Crippen molar-refractivity contribution in [2.24, 2.45) is 0 Å². The first kappa shape index (κ1) is 20.4. The van der Waals surface area contributed by atoms with Gasteiger partial charge in [0.05, 0.1) is 14.7 Å². The summed E-state index contributed by atoms with van der Waals surface area (Å²) in [6, 6.07) is 5.38. The lowest BCUT2D eigenvalue weighted by Crippen LogP contribution is -2.35. The summed E-state index contributed by atoms with van der Waals surface area (Å²) in [6.45, 7) is 12.8. The van der Waals surface area contributed by atoms with Gasteiger partial charge < -0.3 is 4.74 Å². The highest BCUT2D eigenvalue weighted by Gasteiger charge is 2.30. The molecular formula is C18H36O2Si. The predicted molar refractivity (Wildman–Crippen MR) is 95.5 cm³/mol. The number of hydrogen-bond acceptors (Lipinski definition) is 2. The molecule has 0 aromatic carbocycles. The molecule has 0 aliphatic rings. The number of carbonyl (C=O) groups excluding carboxylic acids is 1. The molecule has 0 unspecified atom stereocenters. The highest BCUT2D eigenvalue weighted by Crippen LogP contribution is 2.32. The quantitative estimate of drug-likeness (QED) is 0.238. The highest BCUT2D eigenvalue weighted by atomic mass is 28.3. The molecule has 0 amide bonds. The molecule has 0 aliphatic heterocycles. The van der Waals surface area contributed by atoms with Gasteiger partial charge in [0.1, 0.15) is 0 Å². The van der Waals surface area contributed by atoms with Crippen LogP contribution in [-0.4, -0.2) is 20.7 Å². The Hall–Kier alpha value is -0.573. The molecule has 0 rings (SSSR count). The number of unbranched alkanes of at least 4 members (excludes halogenated alkanes) is 3. The van der Waals surface area contributed by atoms with Gasteiger partial charge in [-0.3, -0.25) is 0 Å². The standard InChI is InChI=1S/C18H36O2Si/c1-6-9-13-21(14-10-7-2,15-11-8-3)16-12-20-18(19)17(4)5/h4,6-16H2,1-3,5H3. The van der Waals surface area contributed by atoms with Gasteiger partial charge in [-0.25, -0.2) is 4.79 Å². The lowest BCUT2D eigenvalue weighted by Gasteiger charge is -2.32. The smallest absolute Gasteiger partial charge is 0.333 e. The van der Waals surface area contributed by atoms with E-state index in [2.05, 4.69) is 27.4 Å². The van der Waals surface area contributed by atoms with Crippen LogP contribution in [-0.2, 0) is 9.53 Å². The molecule has 0 radical (unpaired) electrons. The van der Waals surface area contributed by atoms with Crippen LogP contribution >= 0.6 is 0 Å². The van der Waals surface area contributed by atoms with Crippen LogP contribution in [0, 0.1) is 0 Å². The molecule has 3 heteroatoms. The molecule has 0 spiro atoms. The van der Waals surface area contributed by atoms with Gasteiger partial charge in [-0.15, -0.1) is 0 Å². The summed E-state index contributed by atoms with van der Waals surface area (Å²) in [5.74, 6) is -0.223. The van der Waals surface area contributed by atoms with E-state index in [9.17, 15) is 4.79 Å². The van der Waals surface area contributed by atoms with E-state index < -0.39 is 8.07 Å². The third-order valence-electron chi connectivity index (χ3n) is 4.40. The van der Waals surface area contributed by atoms with Crippen LogP contribution < -0.4 is 0 Å². The Morgan fingerprint density at radius 2 is 1.33 bits per heavy atom. The summed E-state index contributed by atoms with van der Waals surface area (Å²) in [7, 11) is -1.27. The van der Waals surface area contributed by atoms with Crippen LogP contribution in [0.2, 0.25) is 24.2 Å². The van der Waals surface area contributed by atoms with Crippen molar-refractivity contribution >= 4 is 14.0 Å². The molecule has 0 fully saturated rings. The van der Waals surface area contributed by atoms with E-state index in [0.717, 1.165) is 6.04 Å². The number of hydrogen-bond donors (Lipinski definition) is 0. The Labute approximate surface area is 133 Å². The zero-order valence-electron chi connectivity index (χ0n) is 14.8. The van der Waals surface area contributed by atoms with Gasteiger partial charge in [-0.05, 0) is 13.0 Å². The molecule has 0 heterocycles. The lowest BCUT2D eigenvalue weighted by atomic mass is 10.4. The van der Waals surface area contributed by atoms with Crippen molar-refractivity contribution in [1.82, 2.24) is 0 Å². The van der Waals surface area contributed by atoms with Crippen molar-refractivity contribution in [3.05, 3.63) is 12.2 Å². The summed E-state index contributed by atoms with van der Waals surface area (Å²) >= 11 is 0. The minimum Gasteiger partial charge on any atom is -0.463 e. The molecule has 0 N–H and O–H groups in total. The zero-order valence-corrected chi connectivity index (χ0v) is 15.8. The maximum atomic E-state index is 11.6. The number of rotatable bonds is 13. The van der Waals surface area contributed by atoms with Gasteiger partial charge in [0.2, 0.25) is 0 Å². The molecule has 124 valence electrons. The lowest BCUT2D eigenvalue weighted by molar-refractivity contribution is -0.138. The molecule has 0 saturated carbocycles. The van der Waals surface area contributed by atoms with Crippen molar-refractivity contribution in [2.75, 3.05) is 6.61 Å².